The van der Waals surface area contributed by atoms with Gasteiger partial charge in [0.2, 0.25) is 11.7 Å². The van der Waals surface area contributed by atoms with E-state index in [1.807, 2.05) is 0 Å². The van der Waals surface area contributed by atoms with Crippen molar-refractivity contribution in [1.29, 1.82) is 0 Å². The molecule has 0 bridgehead atoms. The van der Waals surface area contributed by atoms with Crippen molar-refractivity contribution in [2.24, 2.45) is 10.3 Å². The smallest absolute Gasteiger partial charge is 0.214 e. The van der Waals surface area contributed by atoms with Gasteiger partial charge in [0.25, 0.3) is 0 Å². The van der Waals surface area contributed by atoms with E-state index in [0.717, 1.165) is 13.1 Å². The zero-order chi connectivity index (χ0) is 9.14. The second-order valence-corrected chi connectivity index (χ2v) is 2.69. The molecule has 1 heterocycles. The van der Waals surface area contributed by atoms with Crippen LogP contribution >= 0.6 is 0 Å². The van der Waals surface area contributed by atoms with Gasteiger partial charge >= 0.3 is 0 Å². The maximum Gasteiger partial charge on any atom is 0.214 e. The van der Waals surface area contributed by atoms with Crippen LogP contribution in [0.1, 0.15) is 0 Å². The number of oxime groups is 2. The molecule has 0 aromatic rings. The predicted molar refractivity (Wildman–Crippen MR) is 43.7 cm³/mol. The number of amidine groups is 2. The molecule has 0 aromatic heterocycles. The Morgan fingerprint density at radius 2 is 1.33 bits per heavy atom. The van der Waals surface area contributed by atoms with Crippen molar-refractivity contribution in [2.75, 3.05) is 27.2 Å². The molecule has 1 fully saturated rings. The highest BCUT2D eigenvalue weighted by Crippen LogP contribution is 2.02. The number of hydrogen-bond donors (Lipinski definition) is 2. The number of likely N-dealkylation sites (N-methyl/N-ethyl adjacent to an activating group) is 2. The van der Waals surface area contributed by atoms with Gasteiger partial charge in [-0.2, -0.15) is 0 Å². The Morgan fingerprint density at radius 3 is 1.58 bits per heavy atom. The van der Waals surface area contributed by atoms with Gasteiger partial charge in [-0.25, -0.2) is 0 Å². The fraction of sp³-hybridized carbons (Fsp3) is 0.667. The van der Waals surface area contributed by atoms with Gasteiger partial charge in [-0.05, 0) is 0 Å². The molecule has 1 aliphatic rings. The minimum Gasteiger partial charge on any atom is -0.409 e. The fourth-order valence-corrected chi connectivity index (χ4v) is 1.10. The number of rotatable bonds is 0. The maximum atomic E-state index is 8.61. The van der Waals surface area contributed by atoms with E-state index in [4.69, 9.17) is 10.4 Å². The topological polar surface area (TPSA) is 71.7 Å². The van der Waals surface area contributed by atoms with E-state index in [1.54, 1.807) is 23.9 Å². The summed E-state index contributed by atoms with van der Waals surface area (Å²) in [7, 11) is 3.54. The van der Waals surface area contributed by atoms with Crippen molar-refractivity contribution in [2.45, 2.75) is 0 Å². The lowest BCUT2D eigenvalue weighted by Crippen LogP contribution is -2.51. The monoisotopic (exact) mass is 172 g/mol. The molecule has 68 valence electrons. The van der Waals surface area contributed by atoms with Crippen LogP contribution < -0.4 is 0 Å². The van der Waals surface area contributed by atoms with E-state index in [0.29, 0.717) is 0 Å². The van der Waals surface area contributed by atoms with Crippen LogP contribution in [0.4, 0.5) is 0 Å². The molecule has 12 heavy (non-hydrogen) atoms. The van der Waals surface area contributed by atoms with Crippen LogP contribution in [0.5, 0.6) is 0 Å². The van der Waals surface area contributed by atoms with Crippen molar-refractivity contribution in [1.82, 2.24) is 9.80 Å². The summed E-state index contributed by atoms with van der Waals surface area (Å²) in [5.74, 6) is 0.567. The van der Waals surface area contributed by atoms with Gasteiger partial charge in [0.15, 0.2) is 0 Å². The third kappa shape index (κ3) is 1.27. The molecule has 0 atom stereocenters. The van der Waals surface area contributed by atoms with Crippen LogP contribution in [-0.2, 0) is 0 Å². The summed E-state index contributed by atoms with van der Waals surface area (Å²) < 4.78 is 0. The molecule has 0 unspecified atom stereocenters. The summed E-state index contributed by atoms with van der Waals surface area (Å²) in [6.45, 7) is 1.49. The van der Waals surface area contributed by atoms with Gasteiger partial charge in [-0.3, -0.25) is 0 Å². The Hall–Kier alpha value is -1.46. The molecule has 6 nitrogen and oxygen atoms in total. The van der Waals surface area contributed by atoms with Crippen LogP contribution in [0.15, 0.2) is 10.3 Å². The summed E-state index contributed by atoms with van der Waals surface area (Å²) in [5.41, 5.74) is 0. The number of hydrogen-bond acceptors (Lipinski definition) is 4. The van der Waals surface area contributed by atoms with Gasteiger partial charge in [-0.15, -0.1) is 0 Å². The minimum atomic E-state index is 0.284. The average molecular weight is 172 g/mol. The molecule has 2 N–H and O–H groups in total. The highest BCUT2D eigenvalue weighted by molar-refractivity contribution is 6.40. The van der Waals surface area contributed by atoms with E-state index in [2.05, 4.69) is 10.3 Å². The Bertz CT molecular complexity index is 202. The number of nitrogens with zero attached hydrogens (tertiary/aromatic N) is 4. The van der Waals surface area contributed by atoms with Gasteiger partial charge in [0, 0.05) is 27.2 Å². The Kier molecular flexibility index (Phi) is 2.37. The summed E-state index contributed by atoms with van der Waals surface area (Å²) in [6, 6.07) is 0. The molecule has 0 amide bonds. The van der Waals surface area contributed by atoms with Crippen molar-refractivity contribution in [3.63, 3.8) is 0 Å². The molecule has 6 heteroatoms. The zero-order valence-corrected chi connectivity index (χ0v) is 7.10. The summed E-state index contributed by atoms with van der Waals surface area (Å²) in [4.78, 5) is 3.43. The van der Waals surface area contributed by atoms with Crippen molar-refractivity contribution >= 4 is 11.7 Å². The normalized spacial score (nSPS) is 25.5. The highest BCUT2D eigenvalue weighted by atomic mass is 16.4. The van der Waals surface area contributed by atoms with Crippen LogP contribution in [0.2, 0.25) is 0 Å². The Morgan fingerprint density at radius 1 is 1.00 bits per heavy atom. The Labute approximate surface area is 70.4 Å². The predicted octanol–water partition coefficient (Wildman–Crippen LogP) is -0.561. The van der Waals surface area contributed by atoms with Crippen LogP contribution in [-0.4, -0.2) is 59.1 Å². The van der Waals surface area contributed by atoms with Gasteiger partial charge in [-0.1, -0.05) is 10.3 Å². The molecule has 1 saturated heterocycles. The first-order valence-corrected chi connectivity index (χ1v) is 3.57. The Balaban J connectivity index is 2.91. The van der Waals surface area contributed by atoms with E-state index in [9.17, 15) is 0 Å². The van der Waals surface area contributed by atoms with Crippen molar-refractivity contribution < 1.29 is 10.4 Å². The second kappa shape index (κ2) is 3.29. The fourth-order valence-electron chi connectivity index (χ4n) is 1.10. The van der Waals surface area contributed by atoms with Gasteiger partial charge < -0.3 is 20.2 Å². The molecule has 0 radical (unpaired) electrons. The van der Waals surface area contributed by atoms with Crippen LogP contribution in [0.25, 0.3) is 0 Å². The number of piperazine rings is 1. The average Bonchev–Trinajstić information content (AvgIpc) is 2.08. The highest BCUT2D eigenvalue weighted by Gasteiger charge is 2.24. The van der Waals surface area contributed by atoms with E-state index < -0.39 is 0 Å². The van der Waals surface area contributed by atoms with Crippen LogP contribution in [0.3, 0.4) is 0 Å². The quantitative estimate of drug-likeness (QED) is 0.379. The molecular formula is C6H12N4O2. The molecular weight excluding hydrogens is 160 g/mol. The maximum absolute atomic E-state index is 8.61. The standard InChI is InChI=1S/C6H12N4O2/c1-9-3-4-10(2)6(8-12)5(9)7-11/h11-12H,3-4H2,1-2H3/b7-5-,8-6-. The lowest BCUT2D eigenvalue weighted by molar-refractivity contribution is 0.281. The van der Waals surface area contributed by atoms with Gasteiger partial charge in [0.1, 0.15) is 0 Å². The molecule has 0 aliphatic carbocycles. The zero-order valence-electron chi connectivity index (χ0n) is 7.10. The third-order valence-electron chi connectivity index (χ3n) is 1.88. The third-order valence-corrected chi connectivity index (χ3v) is 1.88. The molecule has 0 spiro atoms. The first-order chi connectivity index (χ1) is 5.70. The SMILES string of the molecule is CN1CCN(C)C(=N\O)/C1=N/O. The largest absolute Gasteiger partial charge is 0.409 e. The molecule has 1 rings (SSSR count). The first kappa shape index (κ1) is 8.63. The minimum absolute atomic E-state index is 0.284. The molecule has 0 saturated carbocycles. The van der Waals surface area contributed by atoms with Gasteiger partial charge in [0.05, 0.1) is 0 Å². The summed E-state index contributed by atoms with van der Waals surface area (Å²) in [5, 5.41) is 23.3. The van der Waals surface area contributed by atoms with E-state index in [1.165, 1.54) is 0 Å². The lowest BCUT2D eigenvalue weighted by atomic mass is 10.3. The summed E-state index contributed by atoms with van der Waals surface area (Å²) in [6.07, 6.45) is 0. The second-order valence-electron chi connectivity index (χ2n) is 2.69. The van der Waals surface area contributed by atoms with Crippen molar-refractivity contribution in [3.05, 3.63) is 0 Å². The summed E-state index contributed by atoms with van der Waals surface area (Å²) >= 11 is 0. The van der Waals surface area contributed by atoms with E-state index >= 15 is 0 Å². The van der Waals surface area contributed by atoms with Crippen molar-refractivity contribution in [3.8, 4) is 0 Å². The lowest BCUT2D eigenvalue weighted by Gasteiger charge is -2.32. The molecule has 1 aliphatic heterocycles. The first-order valence-electron chi connectivity index (χ1n) is 3.57. The van der Waals surface area contributed by atoms with Crippen LogP contribution in [0, 0.1) is 0 Å². The van der Waals surface area contributed by atoms with E-state index in [-0.39, 0.29) is 11.7 Å². The molecule has 0 aromatic carbocycles.